The topological polar surface area (TPSA) is 34.1 Å². The quantitative estimate of drug-likeness (QED) is 0.459. The van der Waals surface area contributed by atoms with E-state index in [4.69, 9.17) is 9.59 Å². The summed E-state index contributed by atoms with van der Waals surface area (Å²) in [6.45, 7) is 2.25. The molecule has 0 N–H and O–H groups in total. The van der Waals surface area contributed by atoms with Gasteiger partial charge in [-0.2, -0.15) is 9.59 Å². The van der Waals surface area contributed by atoms with Crippen LogP contribution in [0, 0.1) is 5.92 Å². The van der Waals surface area contributed by atoms with Gasteiger partial charge in [0.05, 0.1) is 0 Å². The molecule has 2 heteroatoms. The van der Waals surface area contributed by atoms with Crippen LogP contribution in [-0.4, -0.2) is 6.15 Å². The predicted molar refractivity (Wildman–Crippen MR) is 32.5 cm³/mol. The Labute approximate surface area is 54.6 Å². The number of carbonyl (C=O) groups excluding carboxylic acids is 2. The van der Waals surface area contributed by atoms with Gasteiger partial charge in [-0.1, -0.05) is 19.1 Å². The van der Waals surface area contributed by atoms with Crippen molar-refractivity contribution in [1.82, 2.24) is 0 Å². The normalized spacial score (nSPS) is 22.1. The van der Waals surface area contributed by atoms with E-state index >= 15 is 0 Å². The number of allylic oxidation sites excluding steroid dienone is 2. The van der Waals surface area contributed by atoms with Gasteiger partial charge in [0, 0.05) is 0 Å². The SMILES string of the molecule is C[C@H]1C=CCC1.O=C=O. The van der Waals surface area contributed by atoms with Crippen molar-refractivity contribution in [2.24, 2.45) is 5.92 Å². The molecule has 0 spiro atoms. The molecule has 0 bridgehead atoms. The third-order valence-electron chi connectivity index (χ3n) is 1.25. The zero-order valence-electron chi connectivity index (χ0n) is 5.46. The molecule has 50 valence electrons. The van der Waals surface area contributed by atoms with Gasteiger partial charge in [0.25, 0.3) is 0 Å². The van der Waals surface area contributed by atoms with Crippen LogP contribution in [0.4, 0.5) is 0 Å². The van der Waals surface area contributed by atoms with Crippen LogP contribution in [0.5, 0.6) is 0 Å². The van der Waals surface area contributed by atoms with Gasteiger partial charge in [-0.05, 0) is 18.8 Å². The summed E-state index contributed by atoms with van der Waals surface area (Å²) in [7, 11) is 0. The van der Waals surface area contributed by atoms with Crippen LogP contribution >= 0.6 is 0 Å². The van der Waals surface area contributed by atoms with E-state index in [9.17, 15) is 0 Å². The lowest BCUT2D eigenvalue weighted by Crippen LogP contribution is -1.76. The fourth-order valence-corrected chi connectivity index (χ4v) is 0.784. The van der Waals surface area contributed by atoms with Gasteiger partial charge in [-0.25, -0.2) is 0 Å². The lowest BCUT2D eigenvalue weighted by atomic mass is 10.2. The van der Waals surface area contributed by atoms with E-state index in [1.54, 1.807) is 0 Å². The Kier molecular flexibility index (Phi) is 4.75. The summed E-state index contributed by atoms with van der Waals surface area (Å²) in [5.41, 5.74) is 0. The maximum Gasteiger partial charge on any atom is 0.373 e. The standard InChI is InChI=1S/C6H10.CO2/c1-6-4-2-3-5-6;2-1-3/h2,4,6H,3,5H2,1H3;/t6-;/m0./s1. The minimum atomic E-state index is 0.250. The predicted octanol–water partition coefficient (Wildman–Crippen LogP) is 1.39. The fraction of sp³-hybridized carbons (Fsp3) is 0.571. The second kappa shape index (κ2) is 5.26. The van der Waals surface area contributed by atoms with E-state index in [1.165, 1.54) is 12.8 Å². The van der Waals surface area contributed by atoms with Gasteiger partial charge in [0.15, 0.2) is 0 Å². The molecule has 0 saturated carbocycles. The summed E-state index contributed by atoms with van der Waals surface area (Å²) in [4.78, 5) is 16.2. The third kappa shape index (κ3) is 4.98. The second-order valence-corrected chi connectivity index (χ2v) is 2.07. The first-order valence-electron chi connectivity index (χ1n) is 2.97. The van der Waals surface area contributed by atoms with E-state index in [0.717, 1.165) is 5.92 Å². The van der Waals surface area contributed by atoms with E-state index < -0.39 is 0 Å². The summed E-state index contributed by atoms with van der Waals surface area (Å²) >= 11 is 0. The Morgan fingerprint density at radius 2 is 2.11 bits per heavy atom. The van der Waals surface area contributed by atoms with Crippen molar-refractivity contribution in [3.8, 4) is 0 Å². The van der Waals surface area contributed by atoms with E-state index in [0.29, 0.717) is 0 Å². The van der Waals surface area contributed by atoms with Crippen LogP contribution in [0.15, 0.2) is 12.2 Å². The van der Waals surface area contributed by atoms with Crippen LogP contribution in [0.1, 0.15) is 19.8 Å². The van der Waals surface area contributed by atoms with Crippen LogP contribution < -0.4 is 0 Å². The highest BCUT2D eigenvalue weighted by atomic mass is 16.2. The highest BCUT2D eigenvalue weighted by Gasteiger charge is 1.98. The van der Waals surface area contributed by atoms with Gasteiger partial charge >= 0.3 is 6.15 Å². The summed E-state index contributed by atoms with van der Waals surface area (Å²) < 4.78 is 0. The first-order chi connectivity index (χ1) is 4.31. The minimum absolute atomic E-state index is 0.250. The van der Waals surface area contributed by atoms with E-state index in [-0.39, 0.29) is 6.15 Å². The molecule has 0 aromatic rings. The van der Waals surface area contributed by atoms with Gasteiger partial charge in [0.2, 0.25) is 0 Å². The largest absolute Gasteiger partial charge is 0.373 e. The van der Waals surface area contributed by atoms with E-state index in [1.807, 2.05) is 0 Å². The zero-order valence-corrected chi connectivity index (χ0v) is 5.46. The summed E-state index contributed by atoms with van der Waals surface area (Å²) in [6, 6.07) is 0. The Bertz CT molecular complexity index is 121. The molecule has 1 atom stereocenters. The van der Waals surface area contributed by atoms with Crippen molar-refractivity contribution >= 4 is 6.15 Å². The molecule has 9 heavy (non-hydrogen) atoms. The Balaban J connectivity index is 0.000000187. The van der Waals surface area contributed by atoms with Gasteiger partial charge in [-0.15, -0.1) is 0 Å². The molecule has 0 radical (unpaired) electrons. The van der Waals surface area contributed by atoms with Crippen molar-refractivity contribution in [1.29, 1.82) is 0 Å². The molecule has 0 aromatic carbocycles. The molecule has 1 aliphatic rings. The van der Waals surface area contributed by atoms with Gasteiger partial charge in [-0.3, -0.25) is 0 Å². The zero-order chi connectivity index (χ0) is 7.11. The first kappa shape index (κ1) is 8.12. The third-order valence-corrected chi connectivity index (χ3v) is 1.25. The second-order valence-electron chi connectivity index (χ2n) is 2.07. The van der Waals surface area contributed by atoms with Crippen LogP contribution in [0.3, 0.4) is 0 Å². The maximum atomic E-state index is 8.12. The molecule has 0 saturated heterocycles. The molecule has 0 heterocycles. The molecule has 0 unspecified atom stereocenters. The lowest BCUT2D eigenvalue weighted by Gasteiger charge is -1.89. The van der Waals surface area contributed by atoms with Gasteiger partial charge in [0.1, 0.15) is 0 Å². The van der Waals surface area contributed by atoms with Crippen molar-refractivity contribution in [3.05, 3.63) is 12.2 Å². The molecular formula is C7H10O2. The highest BCUT2D eigenvalue weighted by Crippen LogP contribution is 2.14. The molecule has 1 rings (SSSR count). The average Bonchev–Trinajstić information content (AvgIpc) is 2.20. The van der Waals surface area contributed by atoms with Crippen molar-refractivity contribution in [2.75, 3.05) is 0 Å². The summed E-state index contributed by atoms with van der Waals surface area (Å²) in [5, 5.41) is 0. The summed E-state index contributed by atoms with van der Waals surface area (Å²) in [6.07, 6.45) is 7.46. The van der Waals surface area contributed by atoms with E-state index in [2.05, 4.69) is 19.1 Å². The average molecular weight is 126 g/mol. The summed E-state index contributed by atoms with van der Waals surface area (Å²) in [5.74, 6) is 0.866. The Morgan fingerprint density at radius 1 is 1.56 bits per heavy atom. The molecule has 2 nitrogen and oxygen atoms in total. The smallest absolute Gasteiger partial charge is 0.186 e. The lowest BCUT2D eigenvalue weighted by molar-refractivity contribution is -0.191. The van der Waals surface area contributed by atoms with Crippen molar-refractivity contribution < 1.29 is 9.59 Å². The number of hydrogen-bond donors (Lipinski definition) is 0. The fourth-order valence-electron chi connectivity index (χ4n) is 0.784. The van der Waals surface area contributed by atoms with Crippen molar-refractivity contribution in [3.63, 3.8) is 0 Å². The monoisotopic (exact) mass is 126 g/mol. The first-order valence-corrected chi connectivity index (χ1v) is 2.97. The molecule has 1 aliphatic carbocycles. The van der Waals surface area contributed by atoms with Crippen LogP contribution in [0.25, 0.3) is 0 Å². The minimum Gasteiger partial charge on any atom is -0.186 e. The number of rotatable bonds is 0. The van der Waals surface area contributed by atoms with Crippen LogP contribution in [-0.2, 0) is 9.59 Å². The molecule has 0 amide bonds. The molecule has 0 aromatic heterocycles. The Hall–Kier alpha value is -0.880. The van der Waals surface area contributed by atoms with Gasteiger partial charge < -0.3 is 0 Å². The molecular weight excluding hydrogens is 116 g/mol. The van der Waals surface area contributed by atoms with Crippen LogP contribution in [0.2, 0.25) is 0 Å². The highest BCUT2D eigenvalue weighted by molar-refractivity contribution is 5.20. The number of hydrogen-bond acceptors (Lipinski definition) is 2. The molecule has 0 fully saturated rings. The molecule has 0 aliphatic heterocycles. The maximum absolute atomic E-state index is 8.12. The Morgan fingerprint density at radius 3 is 2.22 bits per heavy atom. The van der Waals surface area contributed by atoms with Crippen molar-refractivity contribution in [2.45, 2.75) is 19.8 Å².